The van der Waals surface area contributed by atoms with Crippen molar-refractivity contribution in [3.8, 4) is 22.6 Å². The second-order valence-corrected chi connectivity index (χ2v) is 14.5. The number of piperazine rings is 1. The molecule has 5 heterocycles. The van der Waals surface area contributed by atoms with Crippen LogP contribution in [0.4, 0.5) is 11.4 Å². The number of carbonyl (C=O) groups excluding carboxylic acids is 4. The Morgan fingerprint density at radius 3 is 2.36 bits per heavy atom. The zero-order chi connectivity index (χ0) is 39.0. The van der Waals surface area contributed by atoms with E-state index in [1.54, 1.807) is 30.6 Å². The first kappa shape index (κ1) is 38.6. The molecule has 15 nitrogen and oxygen atoms in total. The minimum atomic E-state index is -0.985. The largest absolute Gasteiger partial charge is 0.491 e. The maximum atomic E-state index is 13.0. The monoisotopic (exact) mass is 764 g/mol. The highest BCUT2D eigenvalue weighted by Gasteiger charge is 2.44. The number of benzene rings is 2. The summed E-state index contributed by atoms with van der Waals surface area (Å²) < 4.78 is 19.4. The number of nitrogens with zero attached hydrogens (tertiary/aromatic N) is 6. The van der Waals surface area contributed by atoms with Gasteiger partial charge in [0.2, 0.25) is 11.8 Å². The smallest absolute Gasteiger partial charge is 0.262 e. The summed E-state index contributed by atoms with van der Waals surface area (Å²) in [6, 6.07) is 14.4. The van der Waals surface area contributed by atoms with Gasteiger partial charge in [-0.25, -0.2) is 4.68 Å². The van der Waals surface area contributed by atoms with Gasteiger partial charge in [0, 0.05) is 80.6 Å². The number of aromatic nitrogens is 3. The number of anilines is 2. The van der Waals surface area contributed by atoms with Gasteiger partial charge in [0.1, 0.15) is 11.8 Å². The van der Waals surface area contributed by atoms with Crippen molar-refractivity contribution >= 4 is 35.0 Å². The molecule has 0 radical (unpaired) electrons. The summed E-state index contributed by atoms with van der Waals surface area (Å²) in [5.41, 5.74) is 5.29. The van der Waals surface area contributed by atoms with E-state index in [0.717, 1.165) is 60.2 Å². The Morgan fingerprint density at radius 2 is 1.59 bits per heavy atom. The second-order valence-electron chi connectivity index (χ2n) is 14.5. The molecule has 2 N–H and O–H groups in total. The van der Waals surface area contributed by atoms with Crippen LogP contribution in [0.25, 0.3) is 16.8 Å². The van der Waals surface area contributed by atoms with E-state index in [1.165, 1.54) is 5.69 Å². The number of nitrogens with one attached hydrogen (secondary N) is 2. The summed E-state index contributed by atoms with van der Waals surface area (Å²) in [5.74, 6) is -0.905. The van der Waals surface area contributed by atoms with Crippen LogP contribution in [0.3, 0.4) is 0 Å². The van der Waals surface area contributed by atoms with Crippen LogP contribution in [0, 0.1) is 5.92 Å². The van der Waals surface area contributed by atoms with Gasteiger partial charge in [-0.3, -0.25) is 39.3 Å². The van der Waals surface area contributed by atoms with Gasteiger partial charge in [-0.2, -0.15) is 5.10 Å². The summed E-state index contributed by atoms with van der Waals surface area (Å²) in [5, 5.41) is 10.0. The van der Waals surface area contributed by atoms with Crippen LogP contribution in [-0.2, 0) is 19.1 Å². The lowest BCUT2D eigenvalue weighted by Gasteiger charge is -2.36. The molecule has 3 aliphatic heterocycles. The molecule has 15 heteroatoms. The molecule has 2 aromatic carbocycles. The van der Waals surface area contributed by atoms with Gasteiger partial charge >= 0.3 is 0 Å². The summed E-state index contributed by atoms with van der Waals surface area (Å²) in [7, 11) is 0. The van der Waals surface area contributed by atoms with Gasteiger partial charge in [0.15, 0.2) is 0 Å². The highest BCUT2D eigenvalue weighted by atomic mass is 16.5. The van der Waals surface area contributed by atoms with Crippen molar-refractivity contribution in [1.82, 2.24) is 29.9 Å². The van der Waals surface area contributed by atoms with Gasteiger partial charge in [-0.1, -0.05) is 13.8 Å². The van der Waals surface area contributed by atoms with E-state index < -0.39 is 29.7 Å². The predicted molar refractivity (Wildman–Crippen MR) is 209 cm³/mol. The molecule has 4 aromatic rings. The quantitative estimate of drug-likeness (QED) is 0.119. The lowest BCUT2D eigenvalue weighted by Crippen LogP contribution is -2.54. The van der Waals surface area contributed by atoms with Gasteiger partial charge < -0.3 is 24.4 Å². The van der Waals surface area contributed by atoms with E-state index >= 15 is 0 Å². The molecule has 1 unspecified atom stereocenters. The fourth-order valence-corrected chi connectivity index (χ4v) is 7.00. The van der Waals surface area contributed by atoms with E-state index in [1.807, 2.05) is 23.1 Å². The Balaban J connectivity index is 0.763. The molecular formula is C41H48N8O7. The number of ether oxygens (including phenoxy) is 3. The Kier molecular flexibility index (Phi) is 12.3. The molecule has 2 aromatic heterocycles. The molecule has 0 saturated carbocycles. The Bertz CT molecular complexity index is 2030. The molecule has 56 heavy (non-hydrogen) atoms. The van der Waals surface area contributed by atoms with E-state index in [-0.39, 0.29) is 24.0 Å². The maximum absolute atomic E-state index is 13.0. The average molecular weight is 765 g/mol. The standard InChI is InChI=1S/C41H48N8O7/c1-28(2)27-56-37-25-42-12-11-33(37)29-24-44-48(26-29)32-6-4-31(5-7-32)47-16-14-46(15-17-47)18-20-55-22-21-54-19-13-43-30-3-8-34-35(23-30)41(53)49(40(34)52)36-9-10-38(50)45-39(36)51/h3-8,11-12,23-26,28,36,43H,9-10,13-22,27H2,1-2H3,(H,45,50,51). The van der Waals surface area contributed by atoms with Crippen molar-refractivity contribution in [3.05, 3.63) is 84.4 Å². The Labute approximate surface area is 325 Å². The fourth-order valence-electron chi connectivity index (χ4n) is 7.00. The zero-order valence-electron chi connectivity index (χ0n) is 31.8. The first-order valence-corrected chi connectivity index (χ1v) is 19.2. The molecule has 4 amide bonds. The van der Waals surface area contributed by atoms with Crippen LogP contribution in [0.1, 0.15) is 47.4 Å². The molecule has 294 valence electrons. The van der Waals surface area contributed by atoms with Gasteiger partial charge in [0.25, 0.3) is 11.8 Å². The Morgan fingerprint density at radius 1 is 0.839 bits per heavy atom. The third-order valence-corrected chi connectivity index (χ3v) is 10.0. The third-order valence-electron chi connectivity index (χ3n) is 10.0. The zero-order valence-corrected chi connectivity index (χ0v) is 31.8. The summed E-state index contributed by atoms with van der Waals surface area (Å²) in [6.45, 7) is 12.0. The highest BCUT2D eigenvalue weighted by Crippen LogP contribution is 2.31. The fraction of sp³-hybridized carbons (Fsp3) is 0.415. The van der Waals surface area contributed by atoms with Crippen LogP contribution >= 0.6 is 0 Å². The average Bonchev–Trinajstić information content (AvgIpc) is 3.79. The number of amides is 4. The predicted octanol–water partition coefficient (Wildman–Crippen LogP) is 3.64. The first-order chi connectivity index (χ1) is 27.2. The molecule has 2 saturated heterocycles. The summed E-state index contributed by atoms with van der Waals surface area (Å²) in [4.78, 5) is 59.7. The van der Waals surface area contributed by atoms with Gasteiger partial charge in [-0.15, -0.1) is 0 Å². The number of rotatable bonds is 17. The highest BCUT2D eigenvalue weighted by molar-refractivity contribution is 6.23. The minimum Gasteiger partial charge on any atom is -0.491 e. The van der Waals surface area contributed by atoms with Crippen molar-refractivity contribution in [3.63, 3.8) is 0 Å². The summed E-state index contributed by atoms with van der Waals surface area (Å²) in [6.07, 6.45) is 7.61. The van der Waals surface area contributed by atoms with Crippen molar-refractivity contribution in [2.75, 3.05) is 82.5 Å². The number of fused-ring (bicyclic) bond motifs is 1. The van der Waals surface area contributed by atoms with Crippen LogP contribution in [0.2, 0.25) is 0 Å². The SMILES string of the molecule is CC(C)COc1cnccc1-c1cnn(-c2ccc(N3CCN(CCOCCOCCNc4ccc5c(c4)C(=O)N(C4CCC(=O)NC4=O)C5=O)CC3)cc2)c1. The number of pyridine rings is 1. The molecule has 0 spiro atoms. The lowest BCUT2D eigenvalue weighted by molar-refractivity contribution is -0.136. The van der Waals surface area contributed by atoms with E-state index in [0.29, 0.717) is 51.2 Å². The molecule has 3 aliphatic rings. The van der Waals surface area contributed by atoms with Crippen molar-refractivity contribution in [2.45, 2.75) is 32.7 Å². The molecule has 0 aliphatic carbocycles. The molecule has 7 rings (SSSR count). The summed E-state index contributed by atoms with van der Waals surface area (Å²) >= 11 is 0. The maximum Gasteiger partial charge on any atom is 0.262 e. The van der Waals surface area contributed by atoms with Crippen LogP contribution < -0.4 is 20.3 Å². The van der Waals surface area contributed by atoms with Crippen LogP contribution in [0.15, 0.2) is 73.3 Å². The van der Waals surface area contributed by atoms with Gasteiger partial charge in [-0.05, 0) is 60.9 Å². The third kappa shape index (κ3) is 9.07. The van der Waals surface area contributed by atoms with Crippen molar-refractivity contribution in [1.29, 1.82) is 0 Å². The van der Waals surface area contributed by atoms with Crippen LogP contribution in [-0.4, -0.2) is 127 Å². The number of imide groups is 2. The topological polar surface area (TPSA) is 160 Å². The van der Waals surface area contributed by atoms with E-state index in [2.05, 4.69) is 68.6 Å². The first-order valence-electron chi connectivity index (χ1n) is 19.2. The lowest BCUT2D eigenvalue weighted by atomic mass is 10.0. The number of hydrogen-bond donors (Lipinski definition) is 2. The number of piperidine rings is 1. The molecule has 1 atom stereocenters. The van der Waals surface area contributed by atoms with Crippen LogP contribution in [0.5, 0.6) is 5.75 Å². The van der Waals surface area contributed by atoms with Crippen molar-refractivity contribution in [2.24, 2.45) is 5.92 Å². The Hall–Kier alpha value is -5.64. The van der Waals surface area contributed by atoms with Gasteiger partial charge in [0.05, 0.1) is 62.2 Å². The minimum absolute atomic E-state index is 0.0814. The molecule has 0 bridgehead atoms. The number of hydrogen-bond acceptors (Lipinski definition) is 12. The number of carbonyl (C=O) groups is 4. The van der Waals surface area contributed by atoms with E-state index in [9.17, 15) is 19.2 Å². The molecule has 2 fully saturated rings. The normalized spacial score (nSPS) is 17.4. The van der Waals surface area contributed by atoms with Crippen molar-refractivity contribution < 1.29 is 33.4 Å². The molecular weight excluding hydrogens is 716 g/mol. The van der Waals surface area contributed by atoms with E-state index in [4.69, 9.17) is 14.2 Å². The second kappa shape index (κ2) is 17.9.